The minimum Gasteiger partial charge on any atom is -0.470 e. The molecule has 256 valence electrons. The molecule has 0 saturated carbocycles. The minimum absolute atomic E-state index is 0.120. The highest BCUT2D eigenvalue weighted by Gasteiger charge is 2.49. The van der Waals surface area contributed by atoms with Crippen LogP contribution in [-0.2, 0) is 9.53 Å². The maximum Gasteiger partial charge on any atom is 0.410 e. The Kier molecular flexibility index (Phi) is 7.55. The fraction of sp³-hybridized carbons (Fsp3) is 0.472. The first-order valence-corrected chi connectivity index (χ1v) is 17.3. The van der Waals surface area contributed by atoms with Gasteiger partial charge in [-0.2, -0.15) is 5.10 Å². The molecule has 0 radical (unpaired) electrons. The maximum absolute atomic E-state index is 17.2. The minimum atomic E-state index is -0.689. The van der Waals surface area contributed by atoms with Crippen LogP contribution in [-0.4, -0.2) is 100 Å². The number of benzene rings is 2. The second-order valence-electron chi connectivity index (χ2n) is 14.6. The summed E-state index contributed by atoms with van der Waals surface area (Å²) in [5.74, 6) is 1.93. The number of pyridine rings is 1. The van der Waals surface area contributed by atoms with E-state index < -0.39 is 23.6 Å². The number of likely N-dealkylation sites (tertiary alicyclic amines) is 1. The van der Waals surface area contributed by atoms with Crippen molar-refractivity contribution in [1.82, 2.24) is 25.0 Å². The van der Waals surface area contributed by atoms with E-state index in [1.165, 1.54) is 0 Å². The molecular formula is C36H39ClFN7O4. The number of anilines is 2. The number of hydrogen-bond acceptors (Lipinski definition) is 9. The number of nitrogens with zero attached hydrogens (tertiary/aromatic N) is 6. The number of ether oxygens (including phenoxy) is 2. The summed E-state index contributed by atoms with van der Waals surface area (Å²) in [5.41, 5.74) is 3.57. The molecule has 4 aliphatic rings. The molecule has 0 unspecified atom stereocenters. The number of halogens is 2. The zero-order valence-corrected chi connectivity index (χ0v) is 29.0. The smallest absolute Gasteiger partial charge is 0.410 e. The van der Waals surface area contributed by atoms with Gasteiger partial charge in [-0.05, 0) is 78.2 Å². The molecule has 0 bridgehead atoms. The molecule has 3 atom stereocenters. The summed E-state index contributed by atoms with van der Waals surface area (Å²) in [5, 5.41) is 8.64. The molecule has 4 aliphatic heterocycles. The molecular weight excluding hydrogens is 649 g/mol. The first-order chi connectivity index (χ1) is 23.4. The number of carbonyl (C=O) groups is 1. The van der Waals surface area contributed by atoms with E-state index in [0.29, 0.717) is 47.7 Å². The maximum atomic E-state index is 17.2. The predicted octanol–water partition coefficient (Wildman–Crippen LogP) is 6.09. The molecule has 2 fully saturated rings. The van der Waals surface area contributed by atoms with Crippen LogP contribution >= 0.6 is 11.6 Å². The number of H-pyrrole nitrogens is 1. The number of carbonyl (C=O) groups excluding carboxylic acids is 2. The fourth-order valence-corrected chi connectivity index (χ4v) is 8.26. The quantitative estimate of drug-likeness (QED) is 0.256. The second-order valence-corrected chi connectivity index (χ2v) is 15.0. The van der Waals surface area contributed by atoms with Gasteiger partial charge in [0, 0.05) is 41.0 Å². The van der Waals surface area contributed by atoms with E-state index in [9.17, 15) is 9.59 Å². The Labute approximate surface area is 288 Å². The van der Waals surface area contributed by atoms with E-state index in [2.05, 4.69) is 25.9 Å². The predicted molar refractivity (Wildman–Crippen MR) is 187 cm³/mol. The number of fused-ring (bicyclic) bond motifs is 5. The zero-order valence-electron chi connectivity index (χ0n) is 28.3. The van der Waals surface area contributed by atoms with Crippen LogP contribution in [0.15, 0.2) is 30.1 Å². The fourth-order valence-electron chi connectivity index (χ4n) is 7.98. The average Bonchev–Trinajstić information content (AvgIpc) is 3.74. The van der Waals surface area contributed by atoms with Gasteiger partial charge in [-0.1, -0.05) is 17.7 Å². The lowest BCUT2D eigenvalue weighted by atomic mass is 9.92. The third kappa shape index (κ3) is 5.19. The molecule has 11 nitrogen and oxygen atoms in total. The molecule has 1 N–H and O–H groups in total. The Morgan fingerprint density at radius 2 is 1.92 bits per heavy atom. The van der Waals surface area contributed by atoms with Crippen molar-refractivity contribution in [3.63, 3.8) is 0 Å². The highest BCUT2D eigenvalue weighted by atomic mass is 35.5. The number of piperazine rings is 1. The van der Waals surface area contributed by atoms with Crippen molar-refractivity contribution in [2.75, 3.05) is 49.1 Å². The van der Waals surface area contributed by atoms with E-state index in [4.69, 9.17) is 26.1 Å². The highest BCUT2D eigenvalue weighted by molar-refractivity contribution is 6.35. The number of aromatic amines is 1. The van der Waals surface area contributed by atoms with E-state index in [0.717, 1.165) is 42.4 Å². The molecule has 6 heterocycles. The van der Waals surface area contributed by atoms with Crippen molar-refractivity contribution >= 4 is 56.8 Å². The van der Waals surface area contributed by atoms with Gasteiger partial charge in [0.1, 0.15) is 34.5 Å². The molecule has 2 saturated heterocycles. The third-order valence-corrected chi connectivity index (χ3v) is 10.4. The van der Waals surface area contributed by atoms with Gasteiger partial charge in [0.05, 0.1) is 41.6 Å². The molecule has 0 aliphatic carbocycles. The molecule has 8 rings (SSSR count). The van der Waals surface area contributed by atoms with Crippen LogP contribution in [0.3, 0.4) is 0 Å². The van der Waals surface area contributed by atoms with Gasteiger partial charge in [0.25, 0.3) is 0 Å². The van der Waals surface area contributed by atoms with E-state index in [1.807, 2.05) is 51.7 Å². The topological polar surface area (TPSA) is 107 Å². The van der Waals surface area contributed by atoms with Gasteiger partial charge in [0.15, 0.2) is 5.82 Å². The Morgan fingerprint density at radius 1 is 1.14 bits per heavy atom. The molecule has 0 spiro atoms. The van der Waals surface area contributed by atoms with Crippen molar-refractivity contribution < 1.29 is 23.5 Å². The molecule has 2 aromatic heterocycles. The highest BCUT2D eigenvalue weighted by Crippen LogP contribution is 2.53. The number of rotatable bonds is 3. The molecule has 2 aromatic carbocycles. The first kappa shape index (κ1) is 31.9. The lowest BCUT2D eigenvalue weighted by molar-refractivity contribution is 0.0133. The number of hydrogen-bond donors (Lipinski definition) is 1. The van der Waals surface area contributed by atoms with Crippen molar-refractivity contribution in [1.29, 1.82) is 0 Å². The van der Waals surface area contributed by atoms with Crippen LogP contribution in [0.1, 0.15) is 46.1 Å². The Balaban J connectivity index is 1.33. The van der Waals surface area contributed by atoms with Crippen LogP contribution < -0.4 is 14.5 Å². The summed E-state index contributed by atoms with van der Waals surface area (Å²) in [4.78, 5) is 39.2. The Hall–Kier alpha value is -4.38. The normalized spacial score (nSPS) is 22.3. The molecule has 4 aromatic rings. The second kappa shape index (κ2) is 11.6. The Morgan fingerprint density at radius 3 is 2.65 bits per heavy atom. The third-order valence-electron chi connectivity index (χ3n) is 10.1. The standard InChI is InChI=1S/C36H39ClFN7O4/c1-19-8-9-25-23(13-39-41-25)28(19)29-24(37)12-22-31(30(29)38)40-34-33-32(22)44-14-20(2)43(35(47)49-36(3,4)5)17-26(44)27(18-46)45(33)16-21(48-34)15-42-10-6-7-11-42/h8-9,12-13,20-21,26H,6-7,10-11,14-17H2,1-5H3,(H,39,41)/t20-,21-,26-/m1/s1. The van der Waals surface area contributed by atoms with Crippen LogP contribution in [0.2, 0.25) is 5.02 Å². The van der Waals surface area contributed by atoms with Gasteiger partial charge in [-0.3, -0.25) is 10.00 Å². The average molecular weight is 688 g/mol. The van der Waals surface area contributed by atoms with Gasteiger partial charge in [0.2, 0.25) is 5.88 Å². The molecule has 49 heavy (non-hydrogen) atoms. The summed E-state index contributed by atoms with van der Waals surface area (Å²) < 4.78 is 29.6. The van der Waals surface area contributed by atoms with Crippen LogP contribution in [0.25, 0.3) is 32.9 Å². The van der Waals surface area contributed by atoms with E-state index in [-0.39, 0.29) is 40.7 Å². The summed E-state index contributed by atoms with van der Waals surface area (Å²) >= 11 is 7.05. The van der Waals surface area contributed by atoms with Crippen molar-refractivity contribution in [3.8, 4) is 17.0 Å². The van der Waals surface area contributed by atoms with Gasteiger partial charge in [-0.15, -0.1) is 0 Å². The van der Waals surface area contributed by atoms with Gasteiger partial charge in [-0.25, -0.2) is 19.0 Å². The SMILES string of the molecule is Cc1ccc2[nH]ncc2c1-c1c(Cl)cc2c3c4c(nc2c1F)O[C@H](CN1CCCC1)CN4C(=C=O)[C@H]1CN(C(=O)OC(C)(C)C)[C@H](C)CN31. The zero-order chi connectivity index (χ0) is 34.4. The summed E-state index contributed by atoms with van der Waals surface area (Å²) in [6.45, 7) is 12.8. The number of nitrogens with one attached hydrogen (secondary N) is 1. The van der Waals surface area contributed by atoms with Gasteiger partial charge >= 0.3 is 6.09 Å². The van der Waals surface area contributed by atoms with Crippen molar-refractivity contribution in [2.24, 2.45) is 0 Å². The van der Waals surface area contributed by atoms with Crippen LogP contribution in [0.4, 0.5) is 20.6 Å². The Bertz CT molecular complexity index is 2070. The van der Waals surface area contributed by atoms with Crippen LogP contribution in [0, 0.1) is 12.7 Å². The summed E-state index contributed by atoms with van der Waals surface area (Å²) in [6, 6.07) is 4.72. The monoisotopic (exact) mass is 687 g/mol. The summed E-state index contributed by atoms with van der Waals surface area (Å²) in [6.07, 6.45) is 3.13. The number of amides is 1. The molecule has 13 heteroatoms. The van der Waals surface area contributed by atoms with Gasteiger partial charge < -0.3 is 24.2 Å². The largest absolute Gasteiger partial charge is 0.470 e. The number of aryl methyl sites for hydroxylation is 1. The van der Waals surface area contributed by atoms with Crippen molar-refractivity contribution in [2.45, 2.75) is 71.2 Å². The lowest BCUT2D eigenvalue weighted by Crippen LogP contribution is -2.64. The van der Waals surface area contributed by atoms with Crippen molar-refractivity contribution in [3.05, 3.63) is 46.5 Å². The summed E-state index contributed by atoms with van der Waals surface area (Å²) in [7, 11) is 0. The van der Waals surface area contributed by atoms with E-state index in [1.54, 1.807) is 17.2 Å². The lowest BCUT2D eigenvalue weighted by Gasteiger charge is -2.53. The first-order valence-electron chi connectivity index (χ1n) is 16.9. The molecule has 1 amide bonds. The van der Waals surface area contributed by atoms with E-state index >= 15 is 4.39 Å². The van der Waals surface area contributed by atoms with Crippen LogP contribution in [0.5, 0.6) is 5.88 Å². The number of aromatic nitrogens is 3.